The number of benzene rings is 1. The molecule has 3 rings (SSSR count). The standard InChI is InChI=1S/C15H17ClN2O2S/c1-15(2)6-9(15)7-18-12-4-3-10(16)5-11(12)17-14(18)21-8-13(19)20/h3-5,9H,6-8H2,1-2H3,(H,19,20). The van der Waals surface area contributed by atoms with E-state index in [-0.39, 0.29) is 5.75 Å². The Morgan fingerprint density at radius 2 is 2.29 bits per heavy atom. The molecule has 1 aromatic carbocycles. The van der Waals surface area contributed by atoms with Crippen molar-refractivity contribution in [3.63, 3.8) is 0 Å². The number of aliphatic carboxylic acids is 1. The number of carboxylic acid groups (broad SMARTS) is 1. The monoisotopic (exact) mass is 324 g/mol. The lowest BCUT2D eigenvalue weighted by Crippen LogP contribution is -2.07. The number of halogens is 1. The SMILES string of the molecule is CC1(C)CC1Cn1c(SCC(=O)O)nc2cc(Cl)ccc21. The molecule has 1 heterocycles. The van der Waals surface area contributed by atoms with Gasteiger partial charge in [-0.15, -0.1) is 0 Å². The second-order valence-corrected chi connectivity index (χ2v) is 7.59. The van der Waals surface area contributed by atoms with Gasteiger partial charge in [-0.25, -0.2) is 4.98 Å². The fraction of sp³-hybridized carbons (Fsp3) is 0.467. The molecule has 4 nitrogen and oxygen atoms in total. The molecule has 2 aromatic rings. The number of hydrogen-bond acceptors (Lipinski definition) is 3. The van der Waals surface area contributed by atoms with E-state index in [1.54, 1.807) is 0 Å². The molecule has 1 unspecified atom stereocenters. The number of carbonyl (C=O) groups is 1. The molecular weight excluding hydrogens is 308 g/mol. The summed E-state index contributed by atoms with van der Waals surface area (Å²) in [5, 5.41) is 10.3. The number of carboxylic acids is 1. The minimum Gasteiger partial charge on any atom is -0.481 e. The average molecular weight is 325 g/mol. The highest BCUT2D eigenvalue weighted by Crippen LogP contribution is 2.53. The summed E-state index contributed by atoms with van der Waals surface area (Å²) in [6, 6.07) is 5.65. The molecule has 21 heavy (non-hydrogen) atoms. The van der Waals surface area contributed by atoms with Crippen LogP contribution >= 0.6 is 23.4 Å². The largest absolute Gasteiger partial charge is 0.481 e. The molecule has 1 saturated carbocycles. The molecule has 0 aliphatic heterocycles. The van der Waals surface area contributed by atoms with Crippen molar-refractivity contribution in [1.82, 2.24) is 9.55 Å². The second-order valence-electron chi connectivity index (χ2n) is 6.21. The van der Waals surface area contributed by atoms with Crippen molar-refractivity contribution in [3.8, 4) is 0 Å². The Morgan fingerprint density at radius 1 is 1.57 bits per heavy atom. The van der Waals surface area contributed by atoms with E-state index in [4.69, 9.17) is 16.7 Å². The van der Waals surface area contributed by atoms with Crippen molar-refractivity contribution in [2.75, 3.05) is 5.75 Å². The van der Waals surface area contributed by atoms with Crippen LogP contribution in [0.2, 0.25) is 5.02 Å². The van der Waals surface area contributed by atoms with Gasteiger partial charge in [0.15, 0.2) is 5.16 Å². The summed E-state index contributed by atoms with van der Waals surface area (Å²) in [6.45, 7) is 5.41. The van der Waals surface area contributed by atoms with Crippen LogP contribution in [-0.4, -0.2) is 26.4 Å². The molecule has 1 aliphatic carbocycles. The Hall–Kier alpha value is -1.20. The van der Waals surface area contributed by atoms with Gasteiger partial charge in [0.2, 0.25) is 0 Å². The number of imidazole rings is 1. The fourth-order valence-corrected chi connectivity index (χ4v) is 3.51. The molecule has 0 saturated heterocycles. The molecule has 0 bridgehead atoms. The topological polar surface area (TPSA) is 55.1 Å². The van der Waals surface area contributed by atoms with Gasteiger partial charge in [-0.1, -0.05) is 37.2 Å². The first kappa shape index (κ1) is 14.7. The lowest BCUT2D eigenvalue weighted by atomic mass is 10.1. The Bertz CT molecular complexity index is 711. The first-order valence-corrected chi connectivity index (χ1v) is 8.23. The van der Waals surface area contributed by atoms with Crippen molar-refractivity contribution in [2.24, 2.45) is 11.3 Å². The molecular formula is C15H17ClN2O2S. The zero-order valence-electron chi connectivity index (χ0n) is 12.0. The second kappa shape index (κ2) is 5.21. The smallest absolute Gasteiger partial charge is 0.313 e. The number of thioether (sulfide) groups is 1. The van der Waals surface area contributed by atoms with Gasteiger partial charge in [0, 0.05) is 11.6 Å². The van der Waals surface area contributed by atoms with E-state index in [1.807, 2.05) is 18.2 Å². The molecule has 1 atom stereocenters. The first-order valence-electron chi connectivity index (χ1n) is 6.87. The summed E-state index contributed by atoms with van der Waals surface area (Å²) in [5.41, 5.74) is 2.22. The highest BCUT2D eigenvalue weighted by molar-refractivity contribution is 7.99. The Kier molecular flexibility index (Phi) is 3.66. The van der Waals surface area contributed by atoms with Gasteiger partial charge in [-0.05, 0) is 36.0 Å². The summed E-state index contributed by atoms with van der Waals surface area (Å²) >= 11 is 7.29. The number of rotatable bonds is 5. The third-order valence-electron chi connectivity index (χ3n) is 4.12. The minimum atomic E-state index is -0.830. The zero-order chi connectivity index (χ0) is 15.2. The highest BCUT2D eigenvalue weighted by atomic mass is 35.5. The van der Waals surface area contributed by atoms with Gasteiger partial charge in [0.1, 0.15) is 0 Å². The van der Waals surface area contributed by atoms with E-state index in [0.29, 0.717) is 16.4 Å². The average Bonchev–Trinajstić information content (AvgIpc) is 2.85. The quantitative estimate of drug-likeness (QED) is 0.847. The van der Waals surface area contributed by atoms with Gasteiger partial charge in [-0.3, -0.25) is 4.79 Å². The van der Waals surface area contributed by atoms with Crippen LogP contribution in [0.4, 0.5) is 0 Å². The third kappa shape index (κ3) is 3.04. The van der Waals surface area contributed by atoms with Crippen molar-refractivity contribution in [1.29, 1.82) is 0 Å². The van der Waals surface area contributed by atoms with Crippen molar-refractivity contribution < 1.29 is 9.90 Å². The van der Waals surface area contributed by atoms with Crippen molar-refractivity contribution >= 4 is 40.4 Å². The molecule has 0 radical (unpaired) electrons. The van der Waals surface area contributed by atoms with Crippen LogP contribution in [0.5, 0.6) is 0 Å². The summed E-state index contributed by atoms with van der Waals surface area (Å²) in [4.78, 5) is 15.4. The Morgan fingerprint density at radius 3 is 2.90 bits per heavy atom. The first-order chi connectivity index (χ1) is 9.87. The number of aromatic nitrogens is 2. The molecule has 0 spiro atoms. The molecule has 1 N–H and O–H groups in total. The maximum absolute atomic E-state index is 10.8. The van der Waals surface area contributed by atoms with Crippen LogP contribution in [-0.2, 0) is 11.3 Å². The zero-order valence-corrected chi connectivity index (χ0v) is 13.5. The summed E-state index contributed by atoms with van der Waals surface area (Å²) in [7, 11) is 0. The minimum absolute atomic E-state index is 0.0190. The molecule has 1 fully saturated rings. The molecule has 1 aromatic heterocycles. The van der Waals surface area contributed by atoms with E-state index in [9.17, 15) is 4.79 Å². The normalized spacial score (nSPS) is 19.9. The van der Waals surface area contributed by atoms with Gasteiger partial charge in [-0.2, -0.15) is 0 Å². The number of fused-ring (bicyclic) bond motifs is 1. The highest BCUT2D eigenvalue weighted by Gasteiger charge is 2.45. The van der Waals surface area contributed by atoms with Gasteiger partial charge in [0.25, 0.3) is 0 Å². The van der Waals surface area contributed by atoms with Crippen LogP contribution < -0.4 is 0 Å². The van der Waals surface area contributed by atoms with Crippen LogP contribution in [0.15, 0.2) is 23.4 Å². The van der Waals surface area contributed by atoms with Gasteiger partial charge < -0.3 is 9.67 Å². The lowest BCUT2D eigenvalue weighted by molar-refractivity contribution is -0.133. The fourth-order valence-electron chi connectivity index (χ4n) is 2.60. The van der Waals surface area contributed by atoms with Crippen LogP contribution in [0.3, 0.4) is 0 Å². The Balaban J connectivity index is 1.96. The number of nitrogens with zero attached hydrogens (tertiary/aromatic N) is 2. The lowest BCUT2D eigenvalue weighted by Gasteiger charge is -2.09. The Labute approximate surface area is 132 Å². The van der Waals surface area contributed by atoms with Crippen LogP contribution in [0.1, 0.15) is 20.3 Å². The predicted molar refractivity (Wildman–Crippen MR) is 85.0 cm³/mol. The molecule has 6 heteroatoms. The van der Waals surface area contributed by atoms with Crippen molar-refractivity contribution in [3.05, 3.63) is 23.2 Å². The van der Waals surface area contributed by atoms with E-state index in [0.717, 1.165) is 22.7 Å². The van der Waals surface area contributed by atoms with E-state index in [2.05, 4.69) is 23.4 Å². The summed E-state index contributed by atoms with van der Waals surface area (Å²) in [5.74, 6) is -0.191. The van der Waals surface area contributed by atoms with Crippen LogP contribution in [0.25, 0.3) is 11.0 Å². The third-order valence-corrected chi connectivity index (χ3v) is 5.32. The predicted octanol–water partition coefficient (Wildman–Crippen LogP) is 3.91. The van der Waals surface area contributed by atoms with E-state index < -0.39 is 5.97 Å². The van der Waals surface area contributed by atoms with Gasteiger partial charge in [0.05, 0.1) is 16.8 Å². The molecule has 1 aliphatic rings. The molecule has 112 valence electrons. The van der Waals surface area contributed by atoms with E-state index >= 15 is 0 Å². The molecule has 0 amide bonds. The van der Waals surface area contributed by atoms with E-state index in [1.165, 1.54) is 18.2 Å². The summed E-state index contributed by atoms with van der Waals surface area (Å²) < 4.78 is 2.14. The number of hydrogen-bond donors (Lipinski definition) is 1. The maximum atomic E-state index is 10.8. The maximum Gasteiger partial charge on any atom is 0.313 e. The van der Waals surface area contributed by atoms with Gasteiger partial charge >= 0.3 is 5.97 Å². The van der Waals surface area contributed by atoms with Crippen LogP contribution in [0, 0.1) is 11.3 Å². The summed E-state index contributed by atoms with van der Waals surface area (Å²) in [6.07, 6.45) is 1.20. The van der Waals surface area contributed by atoms with Crippen molar-refractivity contribution in [2.45, 2.75) is 32.0 Å².